The summed E-state index contributed by atoms with van der Waals surface area (Å²) in [4.78, 5) is 10.6. The van der Waals surface area contributed by atoms with Gasteiger partial charge in [-0.05, 0) is 120 Å². The first-order valence-electron chi connectivity index (χ1n) is 23.8. The molecule has 8 nitrogen and oxygen atoms in total. The summed E-state index contributed by atoms with van der Waals surface area (Å²) in [5, 5.41) is 7.47. The maximum Gasteiger partial charge on any atom is 0.220 e. The van der Waals surface area contributed by atoms with Gasteiger partial charge in [0.2, 0.25) is 11.6 Å². The Morgan fingerprint density at radius 1 is 0.243 bits per heavy atom. The average molecular weight is 893 g/mol. The average Bonchev–Trinajstić information content (AvgIpc) is 4.28. The number of para-hydroxylation sites is 8. The molecular weight excluding hydrogens is 857 g/mol. The third kappa shape index (κ3) is 4.59. The molecule has 17 aromatic rings. The van der Waals surface area contributed by atoms with Crippen molar-refractivity contribution in [3.63, 3.8) is 0 Å². The van der Waals surface area contributed by atoms with Crippen molar-refractivity contribution in [2.45, 2.75) is 0 Å². The van der Waals surface area contributed by atoms with Gasteiger partial charge in [0.25, 0.3) is 0 Å². The lowest BCUT2D eigenvalue weighted by Crippen LogP contribution is -1.96. The Morgan fingerprint density at radius 2 is 0.686 bits per heavy atom. The van der Waals surface area contributed by atoms with Gasteiger partial charge in [-0.15, -0.1) is 0 Å². The first-order valence-corrected chi connectivity index (χ1v) is 23.8. The SMILES string of the molecule is c1ccc(-n2c3ccccc3c3cc(-n4c5ccc(-c6ccc7c(c6)n6c8ccccc8nc6n7-c6ccc7c(c6)c6cccc8c9ccccc9n7c86)cc5n5c6ccccc6nc45)ccc32)cc1. The van der Waals surface area contributed by atoms with E-state index < -0.39 is 0 Å². The molecule has 0 radical (unpaired) electrons. The number of hydrogen-bond donors (Lipinski definition) is 0. The molecule has 0 N–H and O–H groups in total. The molecular formula is C62H36N8. The Balaban J connectivity index is 0.872. The molecule has 17 rings (SSSR count). The topological polar surface area (TPSA) is 53.8 Å². The fourth-order valence-electron chi connectivity index (χ4n) is 12.2. The zero-order chi connectivity index (χ0) is 45.3. The van der Waals surface area contributed by atoms with Gasteiger partial charge in [0.1, 0.15) is 0 Å². The first kappa shape index (κ1) is 36.5. The number of benzene rings is 10. The molecule has 324 valence electrons. The second-order valence-electron chi connectivity index (χ2n) is 18.7. The molecule has 0 aliphatic heterocycles. The number of nitrogens with zero attached hydrogens (tertiary/aromatic N) is 8. The van der Waals surface area contributed by atoms with E-state index in [0.717, 1.165) is 83.9 Å². The molecule has 0 spiro atoms. The van der Waals surface area contributed by atoms with E-state index in [0.29, 0.717) is 0 Å². The predicted octanol–water partition coefficient (Wildman–Crippen LogP) is 15.1. The molecule has 0 bridgehead atoms. The Hall–Kier alpha value is -9.66. The van der Waals surface area contributed by atoms with Crippen molar-refractivity contribution in [2.75, 3.05) is 0 Å². The number of aromatic nitrogens is 8. The van der Waals surface area contributed by atoms with Gasteiger partial charge in [-0.1, -0.05) is 109 Å². The van der Waals surface area contributed by atoms with E-state index in [4.69, 9.17) is 9.97 Å². The molecule has 0 aliphatic carbocycles. The molecule has 0 aliphatic rings. The summed E-state index contributed by atoms with van der Waals surface area (Å²) in [6.07, 6.45) is 0. The second-order valence-corrected chi connectivity index (χ2v) is 18.7. The van der Waals surface area contributed by atoms with Crippen LogP contribution in [0.3, 0.4) is 0 Å². The molecule has 7 aromatic heterocycles. The van der Waals surface area contributed by atoms with Gasteiger partial charge in [0.15, 0.2) is 0 Å². The monoisotopic (exact) mass is 892 g/mol. The van der Waals surface area contributed by atoms with Gasteiger partial charge in [-0.2, -0.15) is 0 Å². The van der Waals surface area contributed by atoms with Gasteiger partial charge in [-0.25, -0.2) is 9.97 Å². The van der Waals surface area contributed by atoms with Crippen LogP contribution in [-0.4, -0.2) is 36.9 Å². The molecule has 7 heterocycles. The molecule has 0 saturated heterocycles. The van der Waals surface area contributed by atoms with Crippen molar-refractivity contribution < 1.29 is 0 Å². The number of rotatable bonds is 4. The van der Waals surface area contributed by atoms with Crippen LogP contribution in [0.4, 0.5) is 0 Å². The fraction of sp³-hybridized carbons (Fsp3) is 0. The maximum atomic E-state index is 5.32. The Bertz CT molecular complexity index is 5070. The van der Waals surface area contributed by atoms with E-state index in [1.807, 2.05) is 0 Å². The van der Waals surface area contributed by atoms with Crippen LogP contribution in [-0.2, 0) is 0 Å². The van der Waals surface area contributed by atoms with E-state index in [1.165, 1.54) is 59.9 Å². The van der Waals surface area contributed by atoms with Crippen molar-refractivity contribution >= 4 is 116 Å². The largest absolute Gasteiger partial charge is 0.309 e. The molecule has 0 fully saturated rings. The van der Waals surface area contributed by atoms with Crippen molar-refractivity contribution in [1.29, 1.82) is 0 Å². The first-order chi connectivity index (χ1) is 34.7. The third-order valence-electron chi connectivity index (χ3n) is 15.1. The summed E-state index contributed by atoms with van der Waals surface area (Å²) in [6, 6.07) is 79.3. The van der Waals surface area contributed by atoms with Crippen LogP contribution in [0.15, 0.2) is 218 Å². The highest BCUT2D eigenvalue weighted by Gasteiger charge is 2.23. The van der Waals surface area contributed by atoms with Crippen LogP contribution >= 0.6 is 0 Å². The highest BCUT2D eigenvalue weighted by Crippen LogP contribution is 2.42. The minimum Gasteiger partial charge on any atom is -0.309 e. The molecule has 0 atom stereocenters. The molecule has 70 heavy (non-hydrogen) atoms. The Labute approximate surface area is 397 Å². The third-order valence-corrected chi connectivity index (χ3v) is 15.1. The fourth-order valence-corrected chi connectivity index (χ4v) is 12.2. The van der Waals surface area contributed by atoms with E-state index >= 15 is 0 Å². The smallest absolute Gasteiger partial charge is 0.220 e. The zero-order valence-corrected chi connectivity index (χ0v) is 37.4. The minimum absolute atomic E-state index is 0.880. The summed E-state index contributed by atoms with van der Waals surface area (Å²) in [6.45, 7) is 0. The Morgan fingerprint density at radius 3 is 1.31 bits per heavy atom. The predicted molar refractivity (Wildman–Crippen MR) is 287 cm³/mol. The van der Waals surface area contributed by atoms with Crippen molar-refractivity contribution in [2.24, 2.45) is 0 Å². The summed E-state index contributed by atoms with van der Waals surface area (Å²) < 4.78 is 14.1. The van der Waals surface area contributed by atoms with Gasteiger partial charge in [0.05, 0.1) is 71.7 Å². The molecule has 10 aromatic carbocycles. The molecule has 0 saturated carbocycles. The van der Waals surface area contributed by atoms with Crippen LogP contribution in [0.2, 0.25) is 0 Å². The number of fused-ring (bicyclic) bond motifs is 19. The lowest BCUT2D eigenvalue weighted by Gasteiger charge is -2.10. The van der Waals surface area contributed by atoms with E-state index in [2.05, 4.69) is 245 Å². The molecule has 8 heteroatoms. The van der Waals surface area contributed by atoms with Gasteiger partial charge in [-0.3, -0.25) is 17.9 Å². The molecule has 0 unspecified atom stereocenters. The van der Waals surface area contributed by atoms with Crippen LogP contribution in [0.1, 0.15) is 0 Å². The quantitative estimate of drug-likeness (QED) is 0.177. The van der Waals surface area contributed by atoms with Gasteiger partial charge >= 0.3 is 0 Å². The van der Waals surface area contributed by atoms with Gasteiger partial charge in [0, 0.05) is 49.4 Å². The lowest BCUT2D eigenvalue weighted by atomic mass is 10.0. The number of hydrogen-bond acceptors (Lipinski definition) is 2. The van der Waals surface area contributed by atoms with E-state index in [9.17, 15) is 0 Å². The summed E-state index contributed by atoms with van der Waals surface area (Å²) >= 11 is 0. The number of imidazole rings is 4. The van der Waals surface area contributed by atoms with E-state index in [1.54, 1.807) is 0 Å². The van der Waals surface area contributed by atoms with Crippen molar-refractivity contribution in [1.82, 2.24) is 36.9 Å². The standard InChI is InChI=1S/C62H36N8/c1-2-13-39(14-3-1)65-50-21-8-5-16-43(50)46-35-40(27-31-52(46)65)66-56-29-25-37(33-58(56)69-54-23-10-6-19-48(54)63-61(66)69)38-26-30-57-59(34-38)70-55-24-11-7-20-49(55)64-62(70)67(57)41-28-32-53-47(36-41)45-18-12-17-44-42-15-4-9-22-51(42)68(53)60(44)45/h1-36H. The summed E-state index contributed by atoms with van der Waals surface area (Å²) in [5.74, 6) is 1.77. The summed E-state index contributed by atoms with van der Waals surface area (Å²) in [7, 11) is 0. The normalized spacial score (nSPS) is 12.6. The van der Waals surface area contributed by atoms with Crippen LogP contribution in [0.5, 0.6) is 0 Å². The highest BCUT2D eigenvalue weighted by atomic mass is 15.2. The minimum atomic E-state index is 0.880. The van der Waals surface area contributed by atoms with Gasteiger partial charge < -0.3 is 8.97 Å². The highest BCUT2D eigenvalue weighted by molar-refractivity contribution is 6.23. The summed E-state index contributed by atoms with van der Waals surface area (Å²) in [5.41, 5.74) is 20.1. The van der Waals surface area contributed by atoms with Crippen LogP contribution < -0.4 is 0 Å². The Kier molecular flexibility index (Phi) is 6.80. The van der Waals surface area contributed by atoms with Crippen molar-refractivity contribution in [3.8, 4) is 28.2 Å². The second kappa shape index (κ2) is 13.1. The molecule has 0 amide bonds. The van der Waals surface area contributed by atoms with Crippen LogP contribution in [0, 0.1) is 0 Å². The zero-order valence-electron chi connectivity index (χ0n) is 37.4. The maximum absolute atomic E-state index is 5.32. The van der Waals surface area contributed by atoms with Crippen LogP contribution in [0.25, 0.3) is 144 Å². The van der Waals surface area contributed by atoms with Crippen molar-refractivity contribution in [3.05, 3.63) is 218 Å². The van der Waals surface area contributed by atoms with E-state index in [-0.39, 0.29) is 0 Å². The lowest BCUT2D eigenvalue weighted by molar-refractivity contribution is 1.11.